The standard InChI is InChI=1S/C26H32Cl2N6O2.C25H30Cl2N6O2.C24H31Cl2N7O2S.C24H28Cl2N6O2/c1-4-36-24(35)15-32-9-5-6-18(12-32)19-13-33(14-19)23-11-29-25-16(2)31-34(26(25)30-23)17(3)21-8-7-20(27)10-22(21)28;1-15-24-25(33(30-15)16(2)20-6-5-19(26)10-21(20)27)29-22(11-28-24)32-13-18(14-32)17-4-3-8-31(12-17)9-7-23(34)35;1-15-23-24(33(30-15)16(2)20-6-5-19(25)10-21(20)26)29-22(11-28-23)32-13-18(14-32)17-4-3-7-31(12-17)8-9-36(27,34)35;1-14-23-24(32(29-14)15(2)19-6-5-18(25)8-20(19)26)28-21(9-27-23)31-11-17(12-31)16-4-3-7-30(10-16)13-22(33)34/h7-8,10-11,17-19H,4-6,9,12-15H2,1-3H3;5-6,10-11,16-18H,3-4,7-9,12-14H2,1-2H3,(H,34,35);5-6,10-11,16-18H,3-4,7-9,12-14H2,1-2H3,(H2,27,34,35);5-6,8-9,15-17H,3-4,7,10-13H2,1-2H3,(H,33,34). The molecule has 8 aliphatic heterocycles. The van der Waals surface area contributed by atoms with Crippen LogP contribution in [0.15, 0.2) is 97.6 Å². The van der Waals surface area contributed by atoms with Gasteiger partial charge in [0.1, 0.15) is 45.3 Å². The molecule has 0 bridgehead atoms. The predicted molar refractivity (Wildman–Crippen MR) is 555 cm³/mol. The Hall–Kier alpha value is -9.24. The van der Waals surface area contributed by atoms with Gasteiger partial charge in [0.2, 0.25) is 10.0 Å². The lowest BCUT2D eigenvalue weighted by molar-refractivity contribution is -0.145. The number of esters is 1. The second-order valence-corrected chi connectivity index (χ2v) is 44.2. The van der Waals surface area contributed by atoms with Gasteiger partial charge in [-0.25, -0.2) is 72.2 Å². The number of primary sulfonamides is 1. The van der Waals surface area contributed by atoms with Gasteiger partial charge in [0, 0.05) is 132 Å². The van der Waals surface area contributed by atoms with Gasteiger partial charge >= 0.3 is 17.9 Å². The summed E-state index contributed by atoms with van der Waals surface area (Å²) in [7, 11) is -3.43. The van der Waals surface area contributed by atoms with E-state index in [2.05, 4.69) is 51.1 Å². The summed E-state index contributed by atoms with van der Waals surface area (Å²) in [5, 5.41) is 47.0. The number of ether oxygens (including phenoxy) is 1. The number of halogens is 8. The average Bonchev–Trinajstić information content (AvgIpc) is 1.65. The zero-order valence-corrected chi connectivity index (χ0v) is 87.5. The average molecular weight is 2100 g/mol. The first-order valence-corrected chi connectivity index (χ1v) is 53.4. The Morgan fingerprint density at radius 2 is 0.660 bits per heavy atom. The molecule has 0 radical (unpaired) electrons. The van der Waals surface area contributed by atoms with Crippen LogP contribution in [-0.4, -0.2) is 278 Å². The first kappa shape index (κ1) is 103. The molecule has 0 amide bonds. The van der Waals surface area contributed by atoms with Gasteiger partial charge in [-0.3, -0.25) is 24.2 Å². The fourth-order valence-corrected chi connectivity index (χ4v) is 24.2. The number of hydrogen-bond donors (Lipinski definition) is 3. The minimum Gasteiger partial charge on any atom is -0.481 e. The highest BCUT2D eigenvalue weighted by atomic mass is 35.5. The number of hydrogen-bond acceptors (Lipinski definition) is 26. The largest absolute Gasteiger partial charge is 0.481 e. The normalized spacial score (nSPS) is 20.3. The Labute approximate surface area is 861 Å². The van der Waals surface area contributed by atoms with E-state index in [4.69, 9.17) is 168 Å². The lowest BCUT2D eigenvalue weighted by atomic mass is 9.80. The number of fused-ring (bicyclic) bond motifs is 4. The van der Waals surface area contributed by atoms with Gasteiger partial charge in [0.05, 0.1) is 104 Å². The minimum atomic E-state index is -3.43. The third-order valence-corrected chi connectivity index (χ3v) is 32.5. The predicted octanol–water partition coefficient (Wildman–Crippen LogP) is 17.2. The zero-order valence-electron chi connectivity index (χ0n) is 80.7. The molecule has 141 heavy (non-hydrogen) atoms. The summed E-state index contributed by atoms with van der Waals surface area (Å²) in [4.78, 5) is 90.5. The first-order valence-electron chi connectivity index (χ1n) is 48.7. The maximum Gasteiger partial charge on any atom is 0.320 e. The SMILES string of the molecule is CCOC(=O)CN1CCCC(C2CN(c3cnc4c(C)nn(C(C)c5ccc(Cl)cc5Cl)c4n3)C2)C1.Cc1nn(C(C)c2ccc(Cl)cc2Cl)c2nc(N3CC(C4CCCN(CC(=O)O)C4)C3)cnc12.Cc1nn(C(C)c2ccc(Cl)cc2Cl)c2nc(N3CC(C4CCCN(CCC(=O)O)C4)C3)cnc12.Cc1nn(C(C)c2ccc(Cl)cc2Cl)c2nc(N3CC(C4CCCN(CCS(N)(=O)=O)C4)C3)cnc12. The highest BCUT2D eigenvalue weighted by Gasteiger charge is 2.43. The number of carboxylic acid groups (broad SMARTS) is 2. The number of anilines is 4. The van der Waals surface area contributed by atoms with Crippen LogP contribution in [0.2, 0.25) is 40.2 Å². The Morgan fingerprint density at radius 3 is 0.922 bits per heavy atom. The molecular formula is C99H121Cl8N25O8S. The molecular weight excluding hydrogens is 1980 g/mol. The molecule has 33 nitrogen and oxygen atoms in total. The minimum absolute atomic E-state index is 0.0128. The number of sulfonamides is 1. The topological polar surface area (TPSA) is 361 Å². The highest BCUT2D eigenvalue weighted by Crippen LogP contribution is 2.43. The summed E-state index contributed by atoms with van der Waals surface area (Å²) < 4.78 is 35.4. The van der Waals surface area contributed by atoms with Crippen molar-refractivity contribution in [2.45, 2.75) is 144 Å². The van der Waals surface area contributed by atoms with Crippen molar-refractivity contribution >= 4 is 189 Å². The zero-order chi connectivity index (χ0) is 99.7. The van der Waals surface area contributed by atoms with Crippen LogP contribution >= 0.6 is 92.8 Å². The number of rotatable bonds is 27. The first-order chi connectivity index (χ1) is 67.5. The number of aryl methyl sites for hydroxylation is 4. The molecule has 0 aliphatic carbocycles. The number of piperidine rings is 4. The Bertz CT molecular complexity index is 6670. The lowest BCUT2D eigenvalue weighted by Crippen LogP contribution is -2.54. The van der Waals surface area contributed by atoms with Crippen LogP contribution in [0.5, 0.6) is 0 Å². The van der Waals surface area contributed by atoms with Crippen molar-refractivity contribution in [3.63, 3.8) is 0 Å². The summed E-state index contributed by atoms with van der Waals surface area (Å²) in [6, 6.07) is 21.5. The maximum atomic E-state index is 11.9. The molecule has 0 saturated carbocycles. The molecule has 4 N–H and O–H groups in total. The summed E-state index contributed by atoms with van der Waals surface area (Å²) in [6.45, 7) is 34.9. The molecule has 8 fully saturated rings. The van der Waals surface area contributed by atoms with Crippen LogP contribution in [0.1, 0.15) is 162 Å². The quantitative estimate of drug-likeness (QED) is 0.0403. The van der Waals surface area contributed by atoms with Crippen LogP contribution in [0.4, 0.5) is 23.3 Å². The van der Waals surface area contributed by atoms with Crippen LogP contribution in [-0.2, 0) is 29.1 Å². The van der Waals surface area contributed by atoms with Crippen molar-refractivity contribution in [3.05, 3.63) is 183 Å². The van der Waals surface area contributed by atoms with Gasteiger partial charge < -0.3 is 44.3 Å². The molecule has 16 heterocycles. The van der Waals surface area contributed by atoms with Gasteiger partial charge in [0.15, 0.2) is 22.6 Å². The summed E-state index contributed by atoms with van der Waals surface area (Å²) in [5.74, 6) is 6.38. The summed E-state index contributed by atoms with van der Waals surface area (Å²) in [5.41, 5.74) is 13.2. The van der Waals surface area contributed by atoms with E-state index in [1.54, 1.807) is 24.3 Å². The van der Waals surface area contributed by atoms with Crippen molar-refractivity contribution in [3.8, 4) is 0 Å². The molecule has 42 heteroatoms. The van der Waals surface area contributed by atoms with E-state index < -0.39 is 22.0 Å². The number of aliphatic carboxylic acids is 2. The molecule has 8 saturated heterocycles. The molecule has 8 atom stereocenters. The van der Waals surface area contributed by atoms with Gasteiger partial charge in [0.25, 0.3) is 0 Å². The van der Waals surface area contributed by atoms with Gasteiger partial charge in [-0.2, -0.15) is 20.4 Å². The molecule has 20 rings (SSSR count). The van der Waals surface area contributed by atoms with Gasteiger partial charge in [-0.15, -0.1) is 0 Å². The van der Waals surface area contributed by atoms with E-state index >= 15 is 0 Å². The number of likely N-dealkylation sites (tertiary alicyclic amines) is 4. The maximum absolute atomic E-state index is 11.9. The van der Waals surface area contributed by atoms with E-state index in [0.717, 1.165) is 250 Å². The Balaban J connectivity index is 0.000000130. The lowest BCUT2D eigenvalue weighted by Gasteiger charge is -2.47. The monoisotopic (exact) mass is 2100 g/mol. The second kappa shape index (κ2) is 44.8. The Kier molecular flexibility index (Phi) is 32.8. The number of carboxylic acids is 2. The van der Waals surface area contributed by atoms with E-state index in [1.807, 2.05) is 147 Å². The van der Waals surface area contributed by atoms with Crippen LogP contribution in [0, 0.1) is 75.0 Å². The van der Waals surface area contributed by atoms with Gasteiger partial charge in [-0.05, 0) is 258 Å². The van der Waals surface area contributed by atoms with Crippen LogP contribution < -0.4 is 24.7 Å². The fraction of sp³-hybridized carbons (Fsp3) is 0.525. The molecule has 752 valence electrons. The molecule has 8 aliphatic rings. The third-order valence-electron chi connectivity index (χ3n) is 29.5. The van der Waals surface area contributed by atoms with Crippen molar-refractivity contribution in [1.82, 2.24) is 98.6 Å². The van der Waals surface area contributed by atoms with Crippen molar-refractivity contribution < 1.29 is 37.8 Å². The Morgan fingerprint density at radius 1 is 0.390 bits per heavy atom. The number of carbonyl (C=O) groups is 3. The molecule has 0 spiro atoms. The summed E-state index contributed by atoms with van der Waals surface area (Å²) >= 11 is 50.3. The van der Waals surface area contributed by atoms with E-state index in [9.17, 15) is 22.8 Å². The van der Waals surface area contributed by atoms with E-state index in [-0.39, 0.29) is 48.9 Å². The van der Waals surface area contributed by atoms with E-state index in [1.165, 1.54) is 19.3 Å². The molecule has 4 aromatic carbocycles. The van der Waals surface area contributed by atoms with Crippen molar-refractivity contribution in [2.24, 2.45) is 52.5 Å². The van der Waals surface area contributed by atoms with Crippen molar-refractivity contribution in [1.29, 1.82) is 0 Å². The number of carbonyl (C=O) groups excluding carboxylic acids is 1. The fourth-order valence-electron chi connectivity index (χ4n) is 21.4. The number of aromatic nitrogens is 16. The number of benzene rings is 4. The van der Waals surface area contributed by atoms with Crippen LogP contribution in [0.3, 0.4) is 0 Å². The number of nitrogens with two attached hydrogens (primary N) is 1. The van der Waals surface area contributed by atoms with E-state index in [0.29, 0.717) is 114 Å². The van der Waals surface area contributed by atoms with Crippen molar-refractivity contribution in [2.75, 3.05) is 163 Å². The third kappa shape index (κ3) is 24.0. The smallest absolute Gasteiger partial charge is 0.320 e. The number of nitrogens with zero attached hydrogens (tertiary/aromatic N) is 24. The summed E-state index contributed by atoms with van der Waals surface area (Å²) in [6.07, 6.45) is 16.7. The molecule has 12 aromatic rings. The second-order valence-electron chi connectivity index (χ2n) is 39.1. The highest BCUT2D eigenvalue weighted by molar-refractivity contribution is 7.89. The molecule has 8 unspecified atom stereocenters. The van der Waals surface area contributed by atoms with Gasteiger partial charge in [-0.1, -0.05) is 117 Å². The van der Waals surface area contributed by atoms with Crippen LogP contribution in [0.25, 0.3) is 44.7 Å². The molecule has 8 aromatic heterocycles.